The van der Waals surface area contributed by atoms with Gasteiger partial charge in [-0.05, 0) is 13.0 Å². The van der Waals surface area contributed by atoms with Crippen LogP contribution in [0.25, 0.3) is 0 Å². The highest BCUT2D eigenvalue weighted by atomic mass is 35.5. The SMILES string of the molecule is CC(Cl)c1cc2c(c(Cl)n1)OCC2(C)C. The first-order valence-corrected chi connectivity index (χ1v) is 5.71. The molecule has 2 heterocycles. The molecule has 0 aromatic carbocycles. The molecule has 2 nitrogen and oxygen atoms in total. The maximum Gasteiger partial charge on any atom is 0.171 e. The van der Waals surface area contributed by atoms with E-state index in [0.29, 0.717) is 17.5 Å². The average molecular weight is 246 g/mol. The lowest BCUT2D eigenvalue weighted by Crippen LogP contribution is -2.18. The quantitative estimate of drug-likeness (QED) is 0.556. The topological polar surface area (TPSA) is 22.1 Å². The van der Waals surface area contributed by atoms with Gasteiger partial charge in [-0.25, -0.2) is 4.98 Å². The number of rotatable bonds is 1. The van der Waals surface area contributed by atoms with Crippen LogP contribution in [0.1, 0.15) is 37.4 Å². The van der Waals surface area contributed by atoms with Gasteiger partial charge in [0.25, 0.3) is 0 Å². The van der Waals surface area contributed by atoms with E-state index in [1.54, 1.807) is 0 Å². The minimum atomic E-state index is -0.135. The summed E-state index contributed by atoms with van der Waals surface area (Å²) in [5, 5.41) is 0.282. The van der Waals surface area contributed by atoms with Crippen molar-refractivity contribution in [2.75, 3.05) is 6.61 Å². The Balaban J connectivity index is 2.59. The van der Waals surface area contributed by atoms with Crippen LogP contribution in [0.4, 0.5) is 0 Å². The van der Waals surface area contributed by atoms with Gasteiger partial charge in [-0.15, -0.1) is 11.6 Å². The standard InChI is InChI=1S/C11H13Cl2NO/c1-6(12)8-4-7-9(10(13)14-8)15-5-11(7,2)3/h4,6H,5H2,1-3H3. The molecule has 1 aromatic heterocycles. The second-order valence-electron chi connectivity index (χ2n) is 4.50. The Hall–Kier alpha value is -0.470. The Labute approximate surface area is 99.6 Å². The van der Waals surface area contributed by atoms with Gasteiger partial charge in [-0.1, -0.05) is 25.4 Å². The molecule has 1 unspecified atom stereocenters. The van der Waals surface area contributed by atoms with Crippen molar-refractivity contribution in [1.82, 2.24) is 4.98 Å². The van der Waals surface area contributed by atoms with Crippen molar-refractivity contribution in [1.29, 1.82) is 0 Å². The number of nitrogens with zero attached hydrogens (tertiary/aromatic N) is 1. The third kappa shape index (κ3) is 1.81. The predicted octanol–water partition coefficient (Wildman–Crippen LogP) is 3.70. The number of fused-ring (bicyclic) bond motifs is 1. The first-order valence-electron chi connectivity index (χ1n) is 4.89. The van der Waals surface area contributed by atoms with E-state index in [2.05, 4.69) is 18.8 Å². The monoisotopic (exact) mass is 245 g/mol. The van der Waals surface area contributed by atoms with Crippen LogP contribution in [0, 0.1) is 0 Å². The fourth-order valence-electron chi connectivity index (χ4n) is 1.70. The average Bonchev–Trinajstić information content (AvgIpc) is 2.43. The first kappa shape index (κ1) is 11.0. The molecule has 0 spiro atoms. The first-order chi connectivity index (χ1) is 6.92. The van der Waals surface area contributed by atoms with Crippen molar-refractivity contribution in [2.45, 2.75) is 31.6 Å². The molecule has 0 aliphatic carbocycles. The Kier molecular flexibility index (Phi) is 2.60. The van der Waals surface area contributed by atoms with Crippen LogP contribution in [0.3, 0.4) is 0 Å². The summed E-state index contributed by atoms with van der Waals surface area (Å²) in [6.45, 7) is 6.77. The Bertz CT molecular complexity index is 402. The zero-order valence-electron chi connectivity index (χ0n) is 8.97. The summed E-state index contributed by atoms with van der Waals surface area (Å²) in [4.78, 5) is 4.22. The molecule has 0 saturated heterocycles. The molecule has 1 aliphatic rings. The van der Waals surface area contributed by atoms with Crippen molar-refractivity contribution < 1.29 is 4.74 Å². The molecule has 15 heavy (non-hydrogen) atoms. The van der Waals surface area contributed by atoms with Gasteiger partial charge in [-0.3, -0.25) is 0 Å². The lowest BCUT2D eigenvalue weighted by atomic mass is 9.87. The van der Waals surface area contributed by atoms with Gasteiger partial charge < -0.3 is 4.74 Å². The molecule has 0 bridgehead atoms. The molecule has 0 saturated carbocycles. The molecular formula is C11H13Cl2NO. The highest BCUT2D eigenvalue weighted by Gasteiger charge is 2.34. The smallest absolute Gasteiger partial charge is 0.171 e. The number of alkyl halides is 1. The molecule has 4 heteroatoms. The van der Waals surface area contributed by atoms with Gasteiger partial charge in [-0.2, -0.15) is 0 Å². The Morgan fingerprint density at radius 3 is 2.80 bits per heavy atom. The molecule has 0 radical (unpaired) electrons. The van der Waals surface area contributed by atoms with Gasteiger partial charge in [0.15, 0.2) is 10.9 Å². The van der Waals surface area contributed by atoms with Gasteiger partial charge in [0, 0.05) is 11.0 Å². The van der Waals surface area contributed by atoms with Crippen molar-refractivity contribution >= 4 is 23.2 Å². The third-order valence-electron chi connectivity index (χ3n) is 2.67. The minimum absolute atomic E-state index is 0.0115. The number of ether oxygens (including phenoxy) is 1. The van der Waals surface area contributed by atoms with Crippen LogP contribution in [0.5, 0.6) is 5.75 Å². The summed E-state index contributed by atoms with van der Waals surface area (Å²) in [5.74, 6) is 0.711. The van der Waals surface area contributed by atoms with E-state index in [-0.39, 0.29) is 10.8 Å². The second-order valence-corrected chi connectivity index (χ2v) is 5.52. The van der Waals surface area contributed by atoms with Crippen molar-refractivity contribution in [3.63, 3.8) is 0 Å². The predicted molar refractivity (Wildman–Crippen MR) is 62.0 cm³/mol. The van der Waals surface area contributed by atoms with E-state index >= 15 is 0 Å². The number of hydrogen-bond acceptors (Lipinski definition) is 2. The molecule has 1 aliphatic heterocycles. The number of pyridine rings is 1. The fraction of sp³-hybridized carbons (Fsp3) is 0.545. The zero-order valence-corrected chi connectivity index (χ0v) is 10.5. The molecule has 2 rings (SSSR count). The largest absolute Gasteiger partial charge is 0.489 e. The third-order valence-corrected chi connectivity index (χ3v) is 3.15. The maximum absolute atomic E-state index is 6.05. The summed E-state index contributed by atoms with van der Waals surface area (Å²) in [5.41, 5.74) is 1.90. The Morgan fingerprint density at radius 1 is 1.53 bits per heavy atom. The van der Waals surface area contributed by atoms with Crippen LogP contribution < -0.4 is 4.74 Å². The van der Waals surface area contributed by atoms with Crippen LogP contribution >= 0.6 is 23.2 Å². The maximum atomic E-state index is 6.05. The number of aromatic nitrogens is 1. The zero-order chi connectivity index (χ0) is 11.2. The van der Waals surface area contributed by atoms with Crippen molar-refractivity contribution in [3.05, 3.63) is 22.5 Å². The lowest BCUT2D eigenvalue weighted by Gasteiger charge is -2.16. The second kappa shape index (κ2) is 3.53. The molecule has 0 fully saturated rings. The van der Waals surface area contributed by atoms with Crippen LogP contribution in [0.15, 0.2) is 6.07 Å². The normalized spacial score (nSPS) is 19.5. The van der Waals surface area contributed by atoms with E-state index in [0.717, 1.165) is 11.3 Å². The van der Waals surface area contributed by atoms with E-state index < -0.39 is 0 Å². The Morgan fingerprint density at radius 2 is 2.20 bits per heavy atom. The van der Waals surface area contributed by atoms with E-state index in [1.165, 1.54) is 0 Å². The molecule has 82 valence electrons. The summed E-state index contributed by atoms with van der Waals surface area (Å²) in [6, 6.07) is 1.99. The van der Waals surface area contributed by atoms with Gasteiger partial charge in [0.1, 0.15) is 0 Å². The fourth-order valence-corrected chi connectivity index (χ4v) is 2.06. The lowest BCUT2D eigenvalue weighted by molar-refractivity contribution is 0.290. The van der Waals surface area contributed by atoms with Crippen molar-refractivity contribution in [2.24, 2.45) is 0 Å². The summed E-state index contributed by atoms with van der Waals surface area (Å²) >= 11 is 12.1. The minimum Gasteiger partial charge on any atom is -0.489 e. The molecule has 0 N–H and O–H groups in total. The van der Waals surface area contributed by atoms with E-state index in [9.17, 15) is 0 Å². The van der Waals surface area contributed by atoms with E-state index in [4.69, 9.17) is 27.9 Å². The van der Waals surface area contributed by atoms with Crippen LogP contribution in [-0.4, -0.2) is 11.6 Å². The summed E-state index contributed by atoms with van der Waals surface area (Å²) in [7, 11) is 0. The van der Waals surface area contributed by atoms with Crippen molar-refractivity contribution in [3.8, 4) is 5.75 Å². The van der Waals surface area contributed by atoms with Gasteiger partial charge in [0.2, 0.25) is 0 Å². The summed E-state index contributed by atoms with van der Waals surface area (Å²) < 4.78 is 5.54. The number of halogens is 2. The molecule has 1 aromatic rings. The van der Waals surface area contributed by atoms with Gasteiger partial charge in [0.05, 0.1) is 17.7 Å². The van der Waals surface area contributed by atoms with Gasteiger partial charge >= 0.3 is 0 Å². The summed E-state index contributed by atoms with van der Waals surface area (Å²) in [6.07, 6.45) is 0. The van der Waals surface area contributed by atoms with Crippen LogP contribution in [-0.2, 0) is 5.41 Å². The number of hydrogen-bond donors (Lipinski definition) is 0. The molecular weight excluding hydrogens is 233 g/mol. The molecule has 0 amide bonds. The highest BCUT2D eigenvalue weighted by Crippen LogP contribution is 2.43. The van der Waals surface area contributed by atoms with Crippen LogP contribution in [0.2, 0.25) is 5.15 Å². The highest BCUT2D eigenvalue weighted by molar-refractivity contribution is 6.31. The molecule has 1 atom stereocenters. The van der Waals surface area contributed by atoms with E-state index in [1.807, 2.05) is 13.0 Å².